The van der Waals surface area contributed by atoms with Crippen molar-refractivity contribution >= 4 is 33.5 Å². The van der Waals surface area contributed by atoms with E-state index in [1.54, 1.807) is 0 Å². The van der Waals surface area contributed by atoms with Crippen molar-refractivity contribution in [1.29, 1.82) is 0 Å². The molecule has 0 saturated heterocycles. The second-order valence-corrected chi connectivity index (χ2v) is 4.49. The molecule has 0 aliphatic heterocycles. The van der Waals surface area contributed by atoms with Crippen molar-refractivity contribution < 1.29 is 9.53 Å². The summed E-state index contributed by atoms with van der Waals surface area (Å²) in [7, 11) is 0. The van der Waals surface area contributed by atoms with E-state index in [0.29, 0.717) is 25.3 Å². The lowest BCUT2D eigenvalue weighted by Gasteiger charge is -2.06. The fraction of sp³-hybridized carbons (Fsp3) is 0.417. The smallest absolute Gasteiger partial charge is 0.306 e. The Bertz CT molecular complexity index is 366. The first kappa shape index (κ1) is 13.5. The molecule has 0 unspecified atom stereocenters. The molecule has 16 heavy (non-hydrogen) atoms. The van der Waals surface area contributed by atoms with Crippen LogP contribution in [-0.4, -0.2) is 12.6 Å². The van der Waals surface area contributed by atoms with E-state index >= 15 is 0 Å². The van der Waals surface area contributed by atoms with Crippen LogP contribution in [-0.2, 0) is 21.8 Å². The van der Waals surface area contributed by atoms with Crippen molar-refractivity contribution in [2.24, 2.45) is 0 Å². The summed E-state index contributed by atoms with van der Waals surface area (Å²) in [6.07, 6.45) is 1.07. The number of hydrogen-bond donors (Lipinski definition) is 0. The van der Waals surface area contributed by atoms with Gasteiger partial charge in [-0.05, 0) is 30.5 Å². The van der Waals surface area contributed by atoms with E-state index in [1.807, 2.05) is 25.1 Å². The topological polar surface area (TPSA) is 26.3 Å². The fourth-order valence-electron chi connectivity index (χ4n) is 1.37. The van der Waals surface area contributed by atoms with E-state index in [-0.39, 0.29) is 5.97 Å². The lowest BCUT2D eigenvalue weighted by atomic mass is 10.1. The van der Waals surface area contributed by atoms with E-state index < -0.39 is 0 Å². The number of carbonyl (C=O) groups excluding carboxylic acids is 1. The lowest BCUT2D eigenvalue weighted by molar-refractivity contribution is -0.143. The normalized spacial score (nSPS) is 10.2. The van der Waals surface area contributed by atoms with Crippen molar-refractivity contribution in [2.75, 3.05) is 6.61 Å². The number of aryl methyl sites for hydroxylation is 1. The minimum absolute atomic E-state index is 0.161. The van der Waals surface area contributed by atoms with Gasteiger partial charge in [0.05, 0.1) is 6.61 Å². The van der Waals surface area contributed by atoms with E-state index in [1.165, 1.54) is 0 Å². The number of esters is 1. The van der Waals surface area contributed by atoms with Gasteiger partial charge in [-0.2, -0.15) is 0 Å². The molecule has 0 aromatic heterocycles. The van der Waals surface area contributed by atoms with Gasteiger partial charge in [-0.15, -0.1) is 11.6 Å². The molecule has 0 aliphatic rings. The molecule has 0 atom stereocenters. The summed E-state index contributed by atoms with van der Waals surface area (Å²) < 4.78 is 5.88. The average molecular weight is 306 g/mol. The average Bonchev–Trinajstić information content (AvgIpc) is 2.28. The van der Waals surface area contributed by atoms with Crippen molar-refractivity contribution in [3.8, 4) is 0 Å². The first-order chi connectivity index (χ1) is 7.67. The molecule has 0 heterocycles. The molecular weight excluding hydrogens is 291 g/mol. The molecule has 0 amide bonds. The van der Waals surface area contributed by atoms with Crippen molar-refractivity contribution in [3.63, 3.8) is 0 Å². The number of alkyl halides is 1. The Balaban J connectivity index is 2.62. The molecular formula is C12H14BrClO2. The summed E-state index contributed by atoms with van der Waals surface area (Å²) in [6.45, 7) is 2.24. The number of halogens is 2. The first-order valence-corrected chi connectivity index (χ1v) is 6.49. The summed E-state index contributed by atoms with van der Waals surface area (Å²) >= 11 is 9.21. The summed E-state index contributed by atoms with van der Waals surface area (Å²) in [5, 5.41) is 0. The maximum atomic E-state index is 11.2. The van der Waals surface area contributed by atoms with Crippen LogP contribution in [0.3, 0.4) is 0 Å². The van der Waals surface area contributed by atoms with Gasteiger partial charge in [0.1, 0.15) is 0 Å². The molecule has 0 radical (unpaired) electrons. The van der Waals surface area contributed by atoms with Crippen LogP contribution >= 0.6 is 27.5 Å². The van der Waals surface area contributed by atoms with Gasteiger partial charge in [-0.25, -0.2) is 0 Å². The highest BCUT2D eigenvalue weighted by molar-refractivity contribution is 9.10. The van der Waals surface area contributed by atoms with Gasteiger partial charge in [0, 0.05) is 16.8 Å². The third kappa shape index (κ3) is 4.14. The van der Waals surface area contributed by atoms with Crippen LogP contribution in [0.4, 0.5) is 0 Å². The number of ether oxygens (including phenoxy) is 1. The third-order valence-electron chi connectivity index (χ3n) is 2.17. The second-order valence-electron chi connectivity index (χ2n) is 3.36. The van der Waals surface area contributed by atoms with Crippen LogP contribution in [0.5, 0.6) is 0 Å². The van der Waals surface area contributed by atoms with Crippen LogP contribution in [0, 0.1) is 0 Å². The highest BCUT2D eigenvalue weighted by Crippen LogP contribution is 2.20. The predicted molar refractivity (Wildman–Crippen MR) is 68.7 cm³/mol. The SMILES string of the molecule is CCOC(=O)CCc1cc(CCl)ccc1Br. The van der Waals surface area contributed by atoms with Gasteiger partial charge in [-0.1, -0.05) is 28.1 Å². The number of benzene rings is 1. The highest BCUT2D eigenvalue weighted by atomic mass is 79.9. The summed E-state index contributed by atoms with van der Waals surface area (Å²) in [4.78, 5) is 11.2. The van der Waals surface area contributed by atoms with E-state index in [4.69, 9.17) is 16.3 Å². The molecule has 0 bridgehead atoms. The number of rotatable bonds is 5. The van der Waals surface area contributed by atoms with Gasteiger partial charge in [-0.3, -0.25) is 4.79 Å². The quantitative estimate of drug-likeness (QED) is 0.613. The highest BCUT2D eigenvalue weighted by Gasteiger charge is 2.06. The lowest BCUT2D eigenvalue weighted by Crippen LogP contribution is -2.05. The van der Waals surface area contributed by atoms with Crippen LogP contribution < -0.4 is 0 Å². The Labute approximate surface area is 109 Å². The van der Waals surface area contributed by atoms with Gasteiger partial charge in [0.25, 0.3) is 0 Å². The monoisotopic (exact) mass is 304 g/mol. The minimum Gasteiger partial charge on any atom is -0.466 e. The molecule has 88 valence electrons. The largest absolute Gasteiger partial charge is 0.466 e. The Morgan fingerprint density at radius 3 is 2.88 bits per heavy atom. The number of carbonyl (C=O) groups is 1. The molecule has 1 aromatic carbocycles. The Morgan fingerprint density at radius 2 is 2.25 bits per heavy atom. The van der Waals surface area contributed by atoms with Crippen LogP contribution in [0.25, 0.3) is 0 Å². The van der Waals surface area contributed by atoms with E-state index in [2.05, 4.69) is 15.9 Å². The Kier molecular flexibility index (Phi) is 5.85. The summed E-state index contributed by atoms with van der Waals surface area (Å²) in [6, 6.07) is 5.93. The zero-order valence-corrected chi connectivity index (χ0v) is 11.5. The third-order valence-corrected chi connectivity index (χ3v) is 3.25. The number of hydrogen-bond acceptors (Lipinski definition) is 2. The zero-order chi connectivity index (χ0) is 12.0. The maximum absolute atomic E-state index is 11.2. The van der Waals surface area contributed by atoms with Crippen molar-refractivity contribution in [1.82, 2.24) is 0 Å². The second kappa shape index (κ2) is 6.92. The van der Waals surface area contributed by atoms with Crippen molar-refractivity contribution in [2.45, 2.75) is 25.6 Å². The van der Waals surface area contributed by atoms with E-state index in [9.17, 15) is 4.79 Å². The first-order valence-electron chi connectivity index (χ1n) is 5.16. The molecule has 0 aliphatic carbocycles. The van der Waals surface area contributed by atoms with Gasteiger partial charge in [0.2, 0.25) is 0 Å². The van der Waals surface area contributed by atoms with Crippen LogP contribution in [0.2, 0.25) is 0 Å². The Morgan fingerprint density at radius 1 is 1.50 bits per heavy atom. The Hall–Kier alpha value is -0.540. The molecule has 0 spiro atoms. The standard InChI is InChI=1S/C12H14BrClO2/c1-2-16-12(15)6-4-10-7-9(8-14)3-5-11(10)13/h3,5,7H,2,4,6,8H2,1H3. The molecule has 0 fully saturated rings. The molecule has 1 aromatic rings. The van der Waals surface area contributed by atoms with E-state index in [0.717, 1.165) is 15.6 Å². The maximum Gasteiger partial charge on any atom is 0.306 e. The molecule has 1 rings (SSSR count). The fourth-order valence-corrected chi connectivity index (χ4v) is 1.98. The van der Waals surface area contributed by atoms with Gasteiger partial charge in [0.15, 0.2) is 0 Å². The van der Waals surface area contributed by atoms with Crippen LogP contribution in [0.1, 0.15) is 24.5 Å². The predicted octanol–water partition coefficient (Wildman–Crippen LogP) is 3.68. The summed E-state index contributed by atoms with van der Waals surface area (Å²) in [5.74, 6) is 0.324. The zero-order valence-electron chi connectivity index (χ0n) is 9.13. The minimum atomic E-state index is -0.161. The molecule has 0 N–H and O–H groups in total. The van der Waals surface area contributed by atoms with Gasteiger partial charge < -0.3 is 4.74 Å². The molecule has 2 nitrogen and oxygen atoms in total. The summed E-state index contributed by atoms with van der Waals surface area (Å²) in [5.41, 5.74) is 2.15. The molecule has 4 heteroatoms. The van der Waals surface area contributed by atoms with Gasteiger partial charge >= 0.3 is 5.97 Å². The van der Waals surface area contributed by atoms with Crippen LogP contribution in [0.15, 0.2) is 22.7 Å². The van der Waals surface area contributed by atoms with Crippen molar-refractivity contribution in [3.05, 3.63) is 33.8 Å². The molecule has 0 saturated carbocycles.